The number of nitrogens with two attached hydrogens (primary N) is 2. The third kappa shape index (κ3) is 14.6. The Morgan fingerprint density at radius 3 is 2.03 bits per heavy atom. The van der Waals surface area contributed by atoms with Crippen molar-refractivity contribution in [3.8, 4) is 0 Å². The fourth-order valence-electron chi connectivity index (χ4n) is 6.89. The zero-order valence-electron chi connectivity index (χ0n) is 34.8. The molecule has 60 heavy (non-hydrogen) atoms. The number of H-pyrrole nitrogens is 1. The molecule has 0 saturated carbocycles. The molecule has 0 bridgehead atoms. The number of hydrogen-bond acceptors (Lipinski definition) is 10. The molecule has 1 aromatic carbocycles. The largest absolute Gasteiger partial charge is 0.480 e. The van der Waals surface area contributed by atoms with Crippen LogP contribution in [0.2, 0.25) is 0 Å². The summed E-state index contributed by atoms with van der Waals surface area (Å²) in [6, 6.07) is 0.296. The quantitative estimate of drug-likeness (QED) is 0.0625. The number of primary amides is 1. The Kier molecular flexibility index (Phi) is 18.5. The molecule has 6 atom stereocenters. The topological polar surface area (TPSA) is 317 Å². The molecule has 20 heteroatoms. The van der Waals surface area contributed by atoms with Crippen LogP contribution in [0.3, 0.4) is 0 Å². The van der Waals surface area contributed by atoms with E-state index >= 15 is 0 Å². The number of benzene rings is 1. The number of aliphatic carboxylic acids is 1. The smallest absolute Gasteiger partial charge is 0.326 e. The number of likely N-dealkylation sites (tertiary alicyclic amines) is 1. The van der Waals surface area contributed by atoms with E-state index in [9.17, 15) is 48.3 Å². The minimum Gasteiger partial charge on any atom is -0.480 e. The molecule has 3 rings (SSSR count). The van der Waals surface area contributed by atoms with Gasteiger partial charge in [0.25, 0.3) is 0 Å². The molecule has 0 spiro atoms. The van der Waals surface area contributed by atoms with Gasteiger partial charge in [-0.15, -0.1) is 0 Å². The highest BCUT2D eigenvalue weighted by Gasteiger charge is 2.36. The van der Waals surface area contributed by atoms with E-state index in [1.165, 1.54) is 11.8 Å². The molecule has 330 valence electrons. The summed E-state index contributed by atoms with van der Waals surface area (Å²) in [4.78, 5) is 120. The number of carbonyl (C=O) groups excluding carboxylic acids is 8. The summed E-state index contributed by atoms with van der Waals surface area (Å²) in [5, 5.41) is 25.7. The molecular formula is C40H60N10O10. The summed E-state index contributed by atoms with van der Waals surface area (Å²) >= 11 is 0. The standard InChI is InChI=1S/C40H60N10O10/c1-21(2)15-28(49-39(58)31-11-8-14-50(31)34(53)18-41)36(55)44-20-33(52)46-29(16-22(3)4)38(57)48-30(17-24-19-43-26-10-7-6-9-25(24)26)37(56)45-23(5)35(54)47-27(40(59)60)12-13-32(42)51/h6-7,9-10,19,21-23,27-31,43H,8,11-18,20,41H2,1-5H3,(H2,42,51)(H,44,55)(H,45,56)(H,46,52)(H,47,54)(H,48,57)(H,49,58)(H,59,60)/t23-,27-,28-,29-,30-,31-/m0/s1. The highest BCUT2D eigenvalue weighted by atomic mass is 16.4. The number of nitrogens with zero attached hydrogens (tertiary/aromatic N) is 1. The van der Waals surface area contributed by atoms with Gasteiger partial charge < -0.3 is 58.4 Å². The van der Waals surface area contributed by atoms with Crippen molar-refractivity contribution < 1.29 is 48.3 Å². The van der Waals surface area contributed by atoms with Gasteiger partial charge in [0.2, 0.25) is 47.3 Å². The number of carboxylic acid groups (broad SMARTS) is 1. The van der Waals surface area contributed by atoms with Gasteiger partial charge in [-0.2, -0.15) is 0 Å². The van der Waals surface area contributed by atoms with Gasteiger partial charge in [-0.1, -0.05) is 45.9 Å². The lowest BCUT2D eigenvalue weighted by atomic mass is 10.0. The molecule has 2 heterocycles. The number of nitrogens with one attached hydrogen (secondary N) is 7. The number of aromatic amines is 1. The first kappa shape index (κ1) is 48.3. The van der Waals surface area contributed by atoms with E-state index in [4.69, 9.17) is 11.5 Å². The summed E-state index contributed by atoms with van der Waals surface area (Å²) in [7, 11) is 0. The minimum absolute atomic E-state index is 0.0268. The third-order valence-electron chi connectivity index (χ3n) is 9.95. The Morgan fingerprint density at radius 1 is 0.800 bits per heavy atom. The minimum atomic E-state index is -1.45. The highest BCUT2D eigenvalue weighted by molar-refractivity contribution is 5.97. The molecule has 1 aliphatic rings. The van der Waals surface area contributed by atoms with E-state index in [0.29, 0.717) is 24.9 Å². The summed E-state index contributed by atoms with van der Waals surface area (Å²) < 4.78 is 0. The number of fused-ring (bicyclic) bond motifs is 1. The average molecular weight is 841 g/mol. The van der Waals surface area contributed by atoms with E-state index in [1.807, 2.05) is 45.9 Å². The van der Waals surface area contributed by atoms with Crippen LogP contribution in [0.15, 0.2) is 30.5 Å². The number of amides is 8. The summed E-state index contributed by atoms with van der Waals surface area (Å²) in [6.07, 6.45) is 2.47. The molecular weight excluding hydrogens is 780 g/mol. The van der Waals surface area contributed by atoms with Crippen LogP contribution in [0.5, 0.6) is 0 Å². The van der Waals surface area contributed by atoms with Gasteiger partial charge >= 0.3 is 5.97 Å². The zero-order valence-corrected chi connectivity index (χ0v) is 34.8. The summed E-state index contributed by atoms with van der Waals surface area (Å²) in [5.74, 6) is -6.90. The van der Waals surface area contributed by atoms with E-state index < -0.39 is 90.1 Å². The van der Waals surface area contributed by atoms with Crippen molar-refractivity contribution in [3.05, 3.63) is 36.0 Å². The SMILES string of the molecule is CC(C)C[C@H](NC(=O)CNC(=O)[C@H](CC(C)C)NC(=O)[C@@H]1CCCN1C(=O)CN)C(=O)N[C@@H](Cc1c[nH]c2ccccc12)C(=O)N[C@@H](C)C(=O)N[C@@H](CCC(N)=O)C(=O)O. The molecule has 1 aromatic heterocycles. The Balaban J connectivity index is 1.74. The van der Waals surface area contributed by atoms with Gasteiger partial charge in [-0.25, -0.2) is 4.79 Å². The third-order valence-corrected chi connectivity index (χ3v) is 9.95. The number of carbonyl (C=O) groups is 9. The van der Waals surface area contributed by atoms with E-state index in [-0.39, 0.29) is 56.4 Å². The molecule has 1 saturated heterocycles. The van der Waals surface area contributed by atoms with E-state index in [0.717, 1.165) is 10.9 Å². The lowest BCUT2D eigenvalue weighted by Gasteiger charge is -2.27. The molecule has 2 aromatic rings. The van der Waals surface area contributed by atoms with Crippen LogP contribution in [0.4, 0.5) is 0 Å². The number of carboxylic acids is 1. The van der Waals surface area contributed by atoms with Gasteiger partial charge in [-0.3, -0.25) is 38.4 Å². The first-order chi connectivity index (χ1) is 28.3. The lowest BCUT2D eigenvalue weighted by molar-refractivity contribution is -0.142. The zero-order chi connectivity index (χ0) is 44.7. The van der Waals surface area contributed by atoms with Crippen molar-refractivity contribution in [2.45, 2.75) is 116 Å². The fourth-order valence-corrected chi connectivity index (χ4v) is 6.89. The second-order valence-corrected chi connectivity index (χ2v) is 15.9. The van der Waals surface area contributed by atoms with Crippen LogP contribution < -0.4 is 43.4 Å². The van der Waals surface area contributed by atoms with Crippen LogP contribution >= 0.6 is 0 Å². The molecule has 1 aliphatic heterocycles. The monoisotopic (exact) mass is 840 g/mol. The summed E-state index contributed by atoms with van der Waals surface area (Å²) in [5.41, 5.74) is 12.1. The number of aromatic nitrogens is 1. The van der Waals surface area contributed by atoms with E-state index in [1.54, 1.807) is 12.3 Å². The maximum Gasteiger partial charge on any atom is 0.326 e. The molecule has 1 fully saturated rings. The van der Waals surface area contributed by atoms with Gasteiger partial charge in [0.15, 0.2) is 0 Å². The van der Waals surface area contributed by atoms with Gasteiger partial charge in [0, 0.05) is 36.5 Å². The Morgan fingerprint density at radius 2 is 1.42 bits per heavy atom. The Labute approximate surface area is 348 Å². The van der Waals surface area contributed by atoms with Crippen LogP contribution in [-0.4, -0.2) is 124 Å². The maximum atomic E-state index is 13.9. The first-order valence-electron chi connectivity index (χ1n) is 20.1. The Hall–Kier alpha value is -6.05. The predicted octanol–water partition coefficient (Wildman–Crippen LogP) is -1.34. The predicted molar refractivity (Wildman–Crippen MR) is 219 cm³/mol. The number of para-hydroxylation sites is 1. The number of rotatable bonds is 23. The van der Waals surface area contributed by atoms with Gasteiger partial charge in [0.1, 0.15) is 36.3 Å². The highest BCUT2D eigenvalue weighted by Crippen LogP contribution is 2.20. The normalized spacial score (nSPS) is 16.3. The van der Waals surface area contributed by atoms with Crippen molar-refractivity contribution in [2.75, 3.05) is 19.6 Å². The van der Waals surface area contributed by atoms with Crippen molar-refractivity contribution in [3.63, 3.8) is 0 Å². The number of hydrogen-bond donors (Lipinski definition) is 10. The molecule has 0 aliphatic carbocycles. The molecule has 20 nitrogen and oxygen atoms in total. The van der Waals surface area contributed by atoms with Crippen LogP contribution in [0.25, 0.3) is 10.9 Å². The molecule has 8 amide bonds. The second-order valence-electron chi connectivity index (χ2n) is 15.9. The van der Waals surface area contributed by atoms with Gasteiger partial charge in [0.05, 0.1) is 13.1 Å². The molecule has 0 unspecified atom stereocenters. The van der Waals surface area contributed by atoms with Crippen LogP contribution in [0.1, 0.15) is 78.7 Å². The average Bonchev–Trinajstić information content (AvgIpc) is 3.84. The fraction of sp³-hybridized carbons (Fsp3) is 0.575. The van der Waals surface area contributed by atoms with Crippen molar-refractivity contribution in [1.82, 2.24) is 41.8 Å². The van der Waals surface area contributed by atoms with E-state index in [2.05, 4.69) is 36.9 Å². The van der Waals surface area contributed by atoms with Gasteiger partial charge in [-0.05, 0) is 62.5 Å². The van der Waals surface area contributed by atoms with Crippen LogP contribution in [0, 0.1) is 11.8 Å². The van der Waals surface area contributed by atoms with Crippen molar-refractivity contribution in [1.29, 1.82) is 0 Å². The Bertz CT molecular complexity index is 1880. The maximum absolute atomic E-state index is 13.9. The molecule has 12 N–H and O–H groups in total. The molecule has 0 radical (unpaired) electrons. The van der Waals surface area contributed by atoms with Crippen molar-refractivity contribution >= 4 is 64.1 Å². The lowest BCUT2D eigenvalue weighted by Crippen LogP contribution is -2.58. The summed E-state index contributed by atoms with van der Waals surface area (Å²) in [6.45, 7) is 8.27. The first-order valence-corrected chi connectivity index (χ1v) is 20.1. The van der Waals surface area contributed by atoms with Crippen molar-refractivity contribution in [2.24, 2.45) is 23.3 Å². The second kappa shape index (κ2) is 22.9. The van der Waals surface area contributed by atoms with Crippen LogP contribution in [-0.2, 0) is 49.6 Å².